The molecule has 0 bridgehead atoms. The number of nitriles is 1. The second-order valence-corrected chi connectivity index (χ2v) is 7.79. The number of hydrogen-bond donors (Lipinski definition) is 1. The molecule has 26 heavy (non-hydrogen) atoms. The maximum atomic E-state index is 11.7. The maximum absolute atomic E-state index is 11.7. The Balaban J connectivity index is 2.23. The molecule has 132 valence electrons. The van der Waals surface area contributed by atoms with Gasteiger partial charge in [0.25, 0.3) is 0 Å². The summed E-state index contributed by atoms with van der Waals surface area (Å²) < 4.78 is 24.9. The minimum Gasteiger partial charge on any atom is -0.508 e. The molecule has 0 aliphatic rings. The van der Waals surface area contributed by atoms with Crippen molar-refractivity contribution in [3.8, 4) is 34.3 Å². The number of phenolic OH excluding ortho intramolecular Hbond substituents is 1. The van der Waals surface area contributed by atoms with Gasteiger partial charge in [-0.25, -0.2) is 18.4 Å². The monoisotopic (exact) mass is 389 g/mol. The molecule has 0 saturated heterocycles. The molecule has 10 heteroatoms. The number of halogens is 1. The maximum Gasteiger partial charge on any atom is 0.247 e. The van der Waals surface area contributed by atoms with Crippen molar-refractivity contribution < 1.29 is 13.5 Å². The van der Waals surface area contributed by atoms with Gasteiger partial charge in [0.1, 0.15) is 18.0 Å². The summed E-state index contributed by atoms with van der Waals surface area (Å²) in [5, 5.41) is 23.0. The lowest BCUT2D eigenvalue weighted by Gasteiger charge is -2.05. The third kappa shape index (κ3) is 3.66. The Labute approximate surface area is 154 Å². The molecule has 1 N–H and O–H groups in total. The van der Waals surface area contributed by atoms with E-state index in [1.54, 1.807) is 12.3 Å². The van der Waals surface area contributed by atoms with Gasteiger partial charge in [-0.05, 0) is 24.3 Å². The molecule has 8 nitrogen and oxygen atoms in total. The first kappa shape index (κ1) is 17.8. The number of sulfone groups is 1. The number of rotatable bonds is 4. The van der Waals surface area contributed by atoms with E-state index >= 15 is 0 Å². The van der Waals surface area contributed by atoms with E-state index in [2.05, 4.69) is 15.1 Å². The van der Waals surface area contributed by atoms with Gasteiger partial charge < -0.3 is 5.11 Å². The smallest absolute Gasteiger partial charge is 0.247 e. The number of benzene rings is 1. The number of hydrogen-bond acceptors (Lipinski definition) is 7. The highest BCUT2D eigenvalue weighted by Crippen LogP contribution is 2.33. The van der Waals surface area contributed by atoms with E-state index in [4.69, 9.17) is 16.9 Å². The molecule has 3 rings (SSSR count). The summed E-state index contributed by atoms with van der Waals surface area (Å²) in [5.41, 5.74) is 1.70. The molecule has 0 unspecified atom stereocenters. The van der Waals surface area contributed by atoms with Gasteiger partial charge in [0.05, 0.1) is 11.8 Å². The first-order chi connectivity index (χ1) is 12.3. The van der Waals surface area contributed by atoms with Crippen LogP contribution >= 0.6 is 11.6 Å². The average molecular weight is 390 g/mol. The molecule has 0 radical (unpaired) electrons. The van der Waals surface area contributed by atoms with Gasteiger partial charge in [0.2, 0.25) is 15.0 Å². The molecule has 0 amide bonds. The summed E-state index contributed by atoms with van der Waals surface area (Å²) in [4.78, 5) is 7.86. The zero-order valence-electron chi connectivity index (χ0n) is 13.5. The zero-order chi connectivity index (χ0) is 18.9. The molecular formula is C16H12ClN5O3S. The summed E-state index contributed by atoms with van der Waals surface area (Å²) in [5.74, 6) is -0.0483. The Morgan fingerprint density at radius 1 is 1.35 bits per heavy atom. The van der Waals surface area contributed by atoms with Crippen LogP contribution in [0.5, 0.6) is 5.75 Å². The standard InChI is InChI=1S/C16H12ClN5O3S/c1-26(24,25)16-19-4-2-14(20-16)13-9-22(5-3-18)21-15(13)10-6-11(17)8-12(23)7-10/h2,4,6-9,23H,5H2,1H3. The first-order valence-corrected chi connectivity index (χ1v) is 9.52. The van der Waals surface area contributed by atoms with Gasteiger partial charge in [0.15, 0.2) is 0 Å². The Morgan fingerprint density at radius 2 is 2.12 bits per heavy atom. The quantitative estimate of drug-likeness (QED) is 0.679. The van der Waals surface area contributed by atoms with Crippen molar-refractivity contribution in [2.75, 3.05) is 6.26 Å². The van der Waals surface area contributed by atoms with Gasteiger partial charge in [-0.2, -0.15) is 10.4 Å². The van der Waals surface area contributed by atoms with Crippen LogP contribution in [0.1, 0.15) is 0 Å². The van der Waals surface area contributed by atoms with Crippen molar-refractivity contribution in [1.29, 1.82) is 5.26 Å². The lowest BCUT2D eigenvalue weighted by molar-refractivity contribution is 0.475. The van der Waals surface area contributed by atoms with Crippen LogP contribution in [0.2, 0.25) is 5.02 Å². The topological polar surface area (TPSA) is 122 Å². The number of phenols is 1. The van der Waals surface area contributed by atoms with Gasteiger partial charge in [-0.15, -0.1) is 0 Å². The highest BCUT2D eigenvalue weighted by molar-refractivity contribution is 7.90. The molecule has 0 spiro atoms. The molecule has 3 aromatic rings. The summed E-state index contributed by atoms with van der Waals surface area (Å²) in [6.45, 7) is -0.0104. The van der Waals surface area contributed by atoms with Crippen molar-refractivity contribution in [2.24, 2.45) is 0 Å². The van der Waals surface area contributed by atoms with Crippen molar-refractivity contribution in [2.45, 2.75) is 11.7 Å². The summed E-state index contributed by atoms with van der Waals surface area (Å²) >= 11 is 6.00. The normalized spacial score (nSPS) is 11.3. The number of aromatic nitrogens is 4. The zero-order valence-corrected chi connectivity index (χ0v) is 15.0. The van der Waals surface area contributed by atoms with E-state index < -0.39 is 9.84 Å². The van der Waals surface area contributed by atoms with Crippen LogP contribution in [0.4, 0.5) is 0 Å². The SMILES string of the molecule is CS(=O)(=O)c1nccc(-c2cn(CC#N)nc2-c2cc(O)cc(Cl)c2)n1. The minimum atomic E-state index is -3.59. The van der Waals surface area contributed by atoms with Crippen LogP contribution < -0.4 is 0 Å². The fourth-order valence-corrected chi connectivity index (χ4v) is 3.10. The van der Waals surface area contributed by atoms with E-state index in [9.17, 15) is 13.5 Å². The van der Waals surface area contributed by atoms with Gasteiger partial charge in [-0.1, -0.05) is 11.6 Å². The van der Waals surface area contributed by atoms with Crippen LogP contribution in [0.15, 0.2) is 41.8 Å². The molecule has 2 heterocycles. The predicted molar refractivity (Wildman–Crippen MR) is 94.1 cm³/mol. The van der Waals surface area contributed by atoms with E-state index in [1.807, 2.05) is 6.07 Å². The van der Waals surface area contributed by atoms with E-state index in [-0.39, 0.29) is 17.5 Å². The fourth-order valence-electron chi connectivity index (χ4n) is 2.36. The summed E-state index contributed by atoms with van der Waals surface area (Å²) in [7, 11) is -3.59. The summed E-state index contributed by atoms with van der Waals surface area (Å²) in [6, 6.07) is 7.96. The highest BCUT2D eigenvalue weighted by atomic mass is 35.5. The Morgan fingerprint density at radius 3 is 2.77 bits per heavy atom. The molecule has 0 saturated carbocycles. The lowest BCUT2D eigenvalue weighted by atomic mass is 10.1. The van der Waals surface area contributed by atoms with Crippen molar-refractivity contribution in [3.63, 3.8) is 0 Å². The van der Waals surface area contributed by atoms with Crippen LogP contribution in [0.25, 0.3) is 22.5 Å². The molecule has 0 aliphatic carbocycles. The molecule has 0 aliphatic heterocycles. The van der Waals surface area contributed by atoms with E-state index in [0.29, 0.717) is 27.5 Å². The molecule has 1 aromatic carbocycles. The van der Waals surface area contributed by atoms with Crippen LogP contribution in [-0.2, 0) is 16.4 Å². The van der Waals surface area contributed by atoms with Crippen molar-refractivity contribution in [1.82, 2.24) is 19.7 Å². The lowest BCUT2D eigenvalue weighted by Crippen LogP contribution is -2.04. The van der Waals surface area contributed by atoms with Gasteiger partial charge in [-0.3, -0.25) is 4.68 Å². The largest absolute Gasteiger partial charge is 0.508 e. The third-order valence-corrected chi connectivity index (χ3v) is 4.47. The van der Waals surface area contributed by atoms with Crippen LogP contribution in [-0.4, -0.2) is 39.5 Å². The first-order valence-electron chi connectivity index (χ1n) is 7.26. The molecule has 0 atom stereocenters. The Bertz CT molecular complexity index is 1110. The third-order valence-electron chi connectivity index (χ3n) is 3.39. The van der Waals surface area contributed by atoms with Gasteiger partial charge >= 0.3 is 0 Å². The molecule has 0 fully saturated rings. The summed E-state index contributed by atoms with van der Waals surface area (Å²) in [6.07, 6.45) is 3.92. The van der Waals surface area contributed by atoms with Crippen LogP contribution in [0, 0.1) is 11.3 Å². The highest BCUT2D eigenvalue weighted by Gasteiger charge is 2.18. The number of nitrogens with zero attached hydrogens (tertiary/aromatic N) is 5. The van der Waals surface area contributed by atoms with E-state index in [0.717, 1.165) is 6.26 Å². The minimum absolute atomic E-state index is 0.0104. The number of aromatic hydroxyl groups is 1. The second-order valence-electron chi connectivity index (χ2n) is 5.44. The fraction of sp³-hybridized carbons (Fsp3) is 0.125. The molecular weight excluding hydrogens is 378 g/mol. The Kier molecular flexibility index (Phi) is 4.63. The second kappa shape index (κ2) is 6.74. The van der Waals surface area contributed by atoms with E-state index in [1.165, 1.54) is 29.1 Å². The average Bonchev–Trinajstić information content (AvgIpc) is 2.98. The Hall–Kier alpha value is -2.96. The van der Waals surface area contributed by atoms with Crippen LogP contribution in [0.3, 0.4) is 0 Å². The molecule has 2 aromatic heterocycles. The van der Waals surface area contributed by atoms with Crippen molar-refractivity contribution in [3.05, 3.63) is 41.7 Å². The van der Waals surface area contributed by atoms with Gasteiger partial charge in [0, 0.05) is 34.8 Å². The van der Waals surface area contributed by atoms with Crippen molar-refractivity contribution >= 4 is 21.4 Å². The predicted octanol–water partition coefficient (Wildman–Crippen LogP) is 2.29.